The van der Waals surface area contributed by atoms with Gasteiger partial charge in [0.2, 0.25) is 5.91 Å². The van der Waals surface area contributed by atoms with Gasteiger partial charge in [0, 0.05) is 25.0 Å². The van der Waals surface area contributed by atoms with Crippen LogP contribution < -0.4 is 11.2 Å². The van der Waals surface area contributed by atoms with Crippen molar-refractivity contribution in [1.29, 1.82) is 0 Å². The van der Waals surface area contributed by atoms with E-state index in [1.165, 1.54) is 19.3 Å². The van der Waals surface area contributed by atoms with Crippen LogP contribution >= 0.6 is 0 Å². The first kappa shape index (κ1) is 11.5. The van der Waals surface area contributed by atoms with Crippen LogP contribution in [0.4, 0.5) is 0 Å². The fourth-order valence-corrected chi connectivity index (χ4v) is 1.64. The van der Waals surface area contributed by atoms with Gasteiger partial charge in [-0.25, -0.2) is 5.01 Å². The number of hydrogen-bond acceptors (Lipinski definition) is 3. The molecule has 0 unspecified atom stereocenters. The molecule has 14 heavy (non-hydrogen) atoms. The monoisotopic (exact) mass is 199 g/mol. The molecule has 3 N–H and O–H groups in total. The van der Waals surface area contributed by atoms with Crippen molar-refractivity contribution in [3.8, 4) is 0 Å². The lowest BCUT2D eigenvalue weighted by Crippen LogP contribution is -2.48. The Balaban J connectivity index is 2.25. The number of hydrogen-bond donors (Lipinski definition) is 2. The van der Waals surface area contributed by atoms with Crippen LogP contribution in [0.15, 0.2) is 0 Å². The van der Waals surface area contributed by atoms with E-state index in [0.717, 1.165) is 13.1 Å². The lowest BCUT2D eigenvalue weighted by Gasteiger charge is -2.28. The van der Waals surface area contributed by atoms with Crippen molar-refractivity contribution in [2.75, 3.05) is 13.1 Å². The zero-order valence-corrected chi connectivity index (χ0v) is 9.18. The largest absolute Gasteiger partial charge is 0.325 e. The van der Waals surface area contributed by atoms with Crippen LogP contribution in [0.25, 0.3) is 0 Å². The van der Waals surface area contributed by atoms with Crippen molar-refractivity contribution >= 4 is 5.91 Å². The topological polar surface area (TPSA) is 58.4 Å². The van der Waals surface area contributed by atoms with Crippen molar-refractivity contribution in [3.05, 3.63) is 0 Å². The summed E-state index contributed by atoms with van der Waals surface area (Å²) in [5, 5.41) is 2.00. The van der Waals surface area contributed by atoms with E-state index in [-0.39, 0.29) is 5.91 Å². The number of carbonyl (C=O) groups is 1. The molecule has 0 aromatic heterocycles. The third-order valence-electron chi connectivity index (χ3n) is 2.26. The minimum absolute atomic E-state index is 0.0272. The average Bonchev–Trinajstić information content (AvgIpc) is 2.02. The molecule has 1 aliphatic rings. The Hall–Kier alpha value is -0.610. The zero-order valence-electron chi connectivity index (χ0n) is 9.18. The maximum Gasteiger partial charge on any atom is 0.236 e. The maximum atomic E-state index is 11.5. The van der Waals surface area contributed by atoms with E-state index in [9.17, 15) is 4.79 Å². The maximum absolute atomic E-state index is 11.5. The van der Waals surface area contributed by atoms with Gasteiger partial charge in [0.25, 0.3) is 0 Å². The van der Waals surface area contributed by atoms with Gasteiger partial charge in [-0.1, -0.05) is 6.42 Å². The molecule has 0 aromatic carbocycles. The van der Waals surface area contributed by atoms with E-state index in [1.54, 1.807) is 0 Å². The Bertz CT molecular complexity index is 192. The second kappa shape index (κ2) is 4.75. The molecule has 4 nitrogen and oxygen atoms in total. The summed E-state index contributed by atoms with van der Waals surface area (Å²) >= 11 is 0. The van der Waals surface area contributed by atoms with Gasteiger partial charge in [-0.15, -0.1) is 0 Å². The van der Waals surface area contributed by atoms with E-state index in [4.69, 9.17) is 5.73 Å². The van der Waals surface area contributed by atoms with E-state index >= 15 is 0 Å². The van der Waals surface area contributed by atoms with Gasteiger partial charge in [-0.05, 0) is 26.7 Å². The number of amides is 1. The van der Waals surface area contributed by atoms with Gasteiger partial charge in [-0.3, -0.25) is 10.2 Å². The minimum Gasteiger partial charge on any atom is -0.325 e. The van der Waals surface area contributed by atoms with E-state index in [0.29, 0.717) is 6.42 Å². The number of nitrogens with zero attached hydrogens (tertiary/aromatic N) is 1. The van der Waals surface area contributed by atoms with Gasteiger partial charge in [-0.2, -0.15) is 0 Å². The first-order valence-electron chi connectivity index (χ1n) is 5.31. The summed E-state index contributed by atoms with van der Waals surface area (Å²) in [6.07, 6.45) is 4.00. The molecule has 4 heteroatoms. The SMILES string of the molecule is CC(C)(N)CC(=O)NN1CCCCC1. The van der Waals surface area contributed by atoms with Crippen LogP contribution in [0.5, 0.6) is 0 Å². The lowest BCUT2D eigenvalue weighted by atomic mass is 10.0. The van der Waals surface area contributed by atoms with E-state index < -0.39 is 5.54 Å². The number of piperidine rings is 1. The molecule has 0 radical (unpaired) electrons. The van der Waals surface area contributed by atoms with Crippen LogP contribution in [0.1, 0.15) is 39.5 Å². The number of rotatable bonds is 3. The fraction of sp³-hybridized carbons (Fsp3) is 0.900. The van der Waals surface area contributed by atoms with Crippen molar-refractivity contribution in [2.45, 2.75) is 45.1 Å². The molecule has 0 aromatic rings. The summed E-state index contributed by atoms with van der Waals surface area (Å²) in [5.74, 6) is 0.0272. The molecule has 82 valence electrons. The minimum atomic E-state index is -0.417. The Morgan fingerprint density at radius 1 is 1.36 bits per heavy atom. The Kier molecular flexibility index (Phi) is 3.89. The molecular weight excluding hydrogens is 178 g/mol. The Labute approximate surface area is 85.8 Å². The highest BCUT2D eigenvalue weighted by atomic mass is 16.2. The molecule has 0 saturated carbocycles. The third-order valence-corrected chi connectivity index (χ3v) is 2.26. The molecule has 1 saturated heterocycles. The predicted octanol–water partition coefficient (Wildman–Crippen LogP) is 0.631. The second-order valence-corrected chi connectivity index (χ2v) is 4.75. The number of carbonyl (C=O) groups excluding carboxylic acids is 1. The first-order valence-corrected chi connectivity index (χ1v) is 5.31. The van der Waals surface area contributed by atoms with Gasteiger partial charge >= 0.3 is 0 Å². The highest BCUT2D eigenvalue weighted by molar-refractivity contribution is 5.76. The Morgan fingerprint density at radius 2 is 1.93 bits per heavy atom. The number of hydrazine groups is 1. The predicted molar refractivity (Wildman–Crippen MR) is 56.5 cm³/mol. The first-order chi connectivity index (χ1) is 6.47. The van der Waals surface area contributed by atoms with Crippen LogP contribution in [0.2, 0.25) is 0 Å². The fourth-order valence-electron chi connectivity index (χ4n) is 1.64. The highest BCUT2D eigenvalue weighted by Crippen LogP contribution is 2.07. The summed E-state index contributed by atoms with van der Waals surface area (Å²) in [4.78, 5) is 11.5. The molecular formula is C10H21N3O. The molecule has 0 spiro atoms. The van der Waals surface area contributed by atoms with Crippen molar-refractivity contribution < 1.29 is 4.79 Å². The normalized spacial score (nSPS) is 19.4. The number of nitrogens with one attached hydrogen (secondary N) is 1. The molecule has 1 heterocycles. The molecule has 1 aliphatic heterocycles. The molecule has 1 amide bonds. The third kappa shape index (κ3) is 4.58. The lowest BCUT2D eigenvalue weighted by molar-refractivity contribution is -0.127. The molecule has 0 bridgehead atoms. The summed E-state index contributed by atoms with van der Waals surface area (Å²) < 4.78 is 0. The molecule has 1 fully saturated rings. The second-order valence-electron chi connectivity index (χ2n) is 4.75. The van der Waals surface area contributed by atoms with Gasteiger partial charge in [0.15, 0.2) is 0 Å². The van der Waals surface area contributed by atoms with Gasteiger partial charge in [0.1, 0.15) is 0 Å². The highest BCUT2D eigenvalue weighted by Gasteiger charge is 2.18. The smallest absolute Gasteiger partial charge is 0.236 e. The standard InChI is InChI=1S/C10H21N3O/c1-10(2,11)8-9(14)12-13-6-4-3-5-7-13/h3-8,11H2,1-2H3,(H,12,14). The van der Waals surface area contributed by atoms with E-state index in [1.807, 2.05) is 18.9 Å². The van der Waals surface area contributed by atoms with Crippen molar-refractivity contribution in [1.82, 2.24) is 10.4 Å². The molecule has 0 aliphatic carbocycles. The summed E-state index contributed by atoms with van der Waals surface area (Å²) in [5.41, 5.74) is 8.24. The summed E-state index contributed by atoms with van der Waals surface area (Å²) in [6, 6.07) is 0. The quantitative estimate of drug-likeness (QED) is 0.701. The zero-order chi connectivity index (χ0) is 10.6. The van der Waals surface area contributed by atoms with Crippen LogP contribution in [-0.2, 0) is 4.79 Å². The molecule has 1 rings (SSSR count). The van der Waals surface area contributed by atoms with Crippen LogP contribution in [-0.4, -0.2) is 29.5 Å². The number of nitrogens with two attached hydrogens (primary N) is 1. The summed E-state index contributed by atoms with van der Waals surface area (Å²) in [7, 11) is 0. The van der Waals surface area contributed by atoms with Crippen molar-refractivity contribution in [3.63, 3.8) is 0 Å². The van der Waals surface area contributed by atoms with Crippen molar-refractivity contribution in [2.24, 2.45) is 5.73 Å². The average molecular weight is 199 g/mol. The van der Waals surface area contributed by atoms with E-state index in [2.05, 4.69) is 5.43 Å². The van der Waals surface area contributed by atoms with Crippen LogP contribution in [0, 0.1) is 0 Å². The van der Waals surface area contributed by atoms with Gasteiger partial charge < -0.3 is 5.73 Å². The van der Waals surface area contributed by atoms with Gasteiger partial charge in [0.05, 0.1) is 0 Å². The Morgan fingerprint density at radius 3 is 2.43 bits per heavy atom. The molecule has 0 atom stereocenters. The van der Waals surface area contributed by atoms with Crippen LogP contribution in [0.3, 0.4) is 0 Å². The summed E-state index contributed by atoms with van der Waals surface area (Å²) in [6.45, 7) is 5.67.